The van der Waals surface area contributed by atoms with Crippen molar-refractivity contribution in [2.24, 2.45) is 7.05 Å². The van der Waals surface area contributed by atoms with E-state index < -0.39 is 0 Å². The fourth-order valence-electron chi connectivity index (χ4n) is 2.12. The molecule has 96 valence electrons. The molecule has 1 heterocycles. The first kappa shape index (κ1) is 12.0. The van der Waals surface area contributed by atoms with E-state index in [9.17, 15) is 10.2 Å². The summed E-state index contributed by atoms with van der Waals surface area (Å²) in [7, 11) is 1.89. The van der Waals surface area contributed by atoms with Gasteiger partial charge in [-0.05, 0) is 30.3 Å². The van der Waals surface area contributed by atoms with Crippen molar-refractivity contribution in [1.82, 2.24) is 9.55 Å². The Kier molecular flexibility index (Phi) is 2.71. The summed E-state index contributed by atoms with van der Waals surface area (Å²) in [6, 6.07) is 10.3. The molecule has 0 aliphatic carbocycles. The zero-order valence-corrected chi connectivity index (χ0v) is 11.7. The van der Waals surface area contributed by atoms with Crippen LogP contribution in [0.3, 0.4) is 0 Å². The third-order valence-corrected chi connectivity index (χ3v) is 3.56. The SMILES string of the molecule is Cn1c(-c2ccc(O)cc2O)nc2cc(Br)ccc21. The van der Waals surface area contributed by atoms with Gasteiger partial charge in [0.1, 0.15) is 17.3 Å². The van der Waals surface area contributed by atoms with Crippen LogP contribution in [0.1, 0.15) is 0 Å². The summed E-state index contributed by atoms with van der Waals surface area (Å²) >= 11 is 3.41. The van der Waals surface area contributed by atoms with Crippen LogP contribution in [0.2, 0.25) is 0 Å². The highest BCUT2D eigenvalue weighted by molar-refractivity contribution is 9.10. The Morgan fingerprint density at radius 1 is 1.11 bits per heavy atom. The second-order valence-electron chi connectivity index (χ2n) is 4.33. The number of hydrogen-bond acceptors (Lipinski definition) is 3. The molecule has 0 radical (unpaired) electrons. The molecule has 0 atom stereocenters. The van der Waals surface area contributed by atoms with E-state index in [1.165, 1.54) is 12.1 Å². The summed E-state index contributed by atoms with van der Waals surface area (Å²) in [5.41, 5.74) is 2.41. The van der Waals surface area contributed by atoms with Gasteiger partial charge >= 0.3 is 0 Å². The van der Waals surface area contributed by atoms with E-state index in [1.54, 1.807) is 6.07 Å². The second-order valence-corrected chi connectivity index (χ2v) is 5.24. The molecule has 2 N–H and O–H groups in total. The molecule has 0 bridgehead atoms. The zero-order chi connectivity index (χ0) is 13.6. The molecule has 0 aliphatic heterocycles. The summed E-state index contributed by atoms with van der Waals surface area (Å²) in [4.78, 5) is 4.53. The highest BCUT2D eigenvalue weighted by atomic mass is 79.9. The minimum absolute atomic E-state index is 0.0115. The quantitative estimate of drug-likeness (QED) is 0.722. The van der Waals surface area contributed by atoms with E-state index >= 15 is 0 Å². The molecule has 4 nitrogen and oxygen atoms in total. The maximum absolute atomic E-state index is 9.93. The summed E-state index contributed by atoms with van der Waals surface area (Å²) in [6.07, 6.45) is 0. The van der Waals surface area contributed by atoms with Gasteiger partial charge in [0.15, 0.2) is 0 Å². The molecule has 3 rings (SSSR count). The van der Waals surface area contributed by atoms with Gasteiger partial charge in [0.2, 0.25) is 0 Å². The van der Waals surface area contributed by atoms with Gasteiger partial charge in [-0.1, -0.05) is 15.9 Å². The molecule has 2 aromatic carbocycles. The Balaban J connectivity index is 2.27. The average molecular weight is 319 g/mol. The molecule has 3 aromatic rings. The topological polar surface area (TPSA) is 58.3 Å². The lowest BCUT2D eigenvalue weighted by atomic mass is 10.2. The predicted octanol–water partition coefficient (Wildman–Crippen LogP) is 3.41. The third kappa shape index (κ3) is 1.96. The van der Waals surface area contributed by atoms with Gasteiger partial charge in [-0.3, -0.25) is 0 Å². The molecule has 19 heavy (non-hydrogen) atoms. The Morgan fingerprint density at radius 3 is 2.63 bits per heavy atom. The van der Waals surface area contributed by atoms with Crippen LogP contribution in [0.25, 0.3) is 22.4 Å². The smallest absolute Gasteiger partial charge is 0.144 e. The van der Waals surface area contributed by atoms with Crippen molar-refractivity contribution in [2.75, 3.05) is 0 Å². The van der Waals surface area contributed by atoms with Crippen LogP contribution in [0, 0.1) is 0 Å². The molecular weight excluding hydrogens is 308 g/mol. The minimum Gasteiger partial charge on any atom is -0.508 e. The Morgan fingerprint density at radius 2 is 1.89 bits per heavy atom. The number of hydrogen-bond donors (Lipinski definition) is 2. The zero-order valence-electron chi connectivity index (χ0n) is 10.1. The molecule has 0 spiro atoms. The lowest BCUT2D eigenvalue weighted by Gasteiger charge is -2.05. The number of aryl methyl sites for hydroxylation is 1. The van der Waals surface area contributed by atoms with Crippen molar-refractivity contribution in [3.8, 4) is 22.9 Å². The molecular formula is C14H11BrN2O2. The Hall–Kier alpha value is -2.01. The van der Waals surface area contributed by atoms with Crippen molar-refractivity contribution >= 4 is 27.0 Å². The van der Waals surface area contributed by atoms with Crippen molar-refractivity contribution in [3.63, 3.8) is 0 Å². The van der Waals surface area contributed by atoms with Gasteiger partial charge in [0.05, 0.1) is 16.6 Å². The van der Waals surface area contributed by atoms with E-state index in [0.717, 1.165) is 15.5 Å². The first-order chi connectivity index (χ1) is 9.06. The molecule has 0 unspecified atom stereocenters. The van der Waals surface area contributed by atoms with E-state index in [4.69, 9.17) is 0 Å². The number of rotatable bonds is 1. The van der Waals surface area contributed by atoms with Crippen LogP contribution < -0.4 is 0 Å². The molecule has 0 fully saturated rings. The number of phenols is 2. The summed E-state index contributed by atoms with van der Waals surface area (Å²) in [5, 5.41) is 19.3. The van der Waals surface area contributed by atoms with Crippen LogP contribution in [0.4, 0.5) is 0 Å². The van der Waals surface area contributed by atoms with Crippen molar-refractivity contribution in [1.29, 1.82) is 0 Å². The standard InChI is InChI=1S/C14H11BrN2O2/c1-17-12-5-2-8(15)6-11(12)16-14(17)10-4-3-9(18)7-13(10)19/h2-7,18-19H,1H3. The number of halogens is 1. The van der Waals surface area contributed by atoms with Crippen LogP contribution in [-0.4, -0.2) is 19.8 Å². The van der Waals surface area contributed by atoms with E-state index in [2.05, 4.69) is 20.9 Å². The maximum atomic E-state index is 9.93. The number of phenolic OH excluding ortho intramolecular Hbond substituents is 2. The number of imidazole rings is 1. The first-order valence-electron chi connectivity index (χ1n) is 5.70. The van der Waals surface area contributed by atoms with E-state index in [0.29, 0.717) is 11.4 Å². The fraction of sp³-hybridized carbons (Fsp3) is 0.0714. The van der Waals surface area contributed by atoms with Crippen molar-refractivity contribution in [3.05, 3.63) is 40.9 Å². The van der Waals surface area contributed by atoms with Gasteiger partial charge in [-0.15, -0.1) is 0 Å². The van der Waals surface area contributed by atoms with Gasteiger partial charge in [0, 0.05) is 17.6 Å². The van der Waals surface area contributed by atoms with E-state index in [-0.39, 0.29) is 11.5 Å². The number of fused-ring (bicyclic) bond motifs is 1. The summed E-state index contributed by atoms with van der Waals surface area (Å²) < 4.78 is 2.87. The second kappa shape index (κ2) is 4.28. The van der Waals surface area contributed by atoms with Crippen molar-refractivity contribution in [2.45, 2.75) is 0 Å². The van der Waals surface area contributed by atoms with Crippen LogP contribution >= 0.6 is 15.9 Å². The lowest BCUT2D eigenvalue weighted by molar-refractivity contribution is 0.451. The Labute approximate surface area is 118 Å². The van der Waals surface area contributed by atoms with Crippen LogP contribution in [0.5, 0.6) is 11.5 Å². The number of aromatic hydroxyl groups is 2. The Bertz CT molecular complexity index is 780. The summed E-state index contributed by atoms with van der Waals surface area (Å²) in [6.45, 7) is 0. The third-order valence-electron chi connectivity index (χ3n) is 3.07. The van der Waals surface area contributed by atoms with E-state index in [1.807, 2.05) is 29.8 Å². The lowest BCUT2D eigenvalue weighted by Crippen LogP contribution is -1.92. The van der Waals surface area contributed by atoms with Crippen molar-refractivity contribution < 1.29 is 10.2 Å². The molecule has 1 aromatic heterocycles. The summed E-state index contributed by atoms with van der Waals surface area (Å²) in [5.74, 6) is 0.700. The number of benzene rings is 2. The highest BCUT2D eigenvalue weighted by Gasteiger charge is 2.13. The monoisotopic (exact) mass is 318 g/mol. The average Bonchev–Trinajstić information content (AvgIpc) is 2.66. The maximum Gasteiger partial charge on any atom is 0.144 e. The predicted molar refractivity (Wildman–Crippen MR) is 77.2 cm³/mol. The minimum atomic E-state index is 0.0115. The highest BCUT2D eigenvalue weighted by Crippen LogP contribution is 2.33. The van der Waals surface area contributed by atoms with Gasteiger partial charge in [-0.2, -0.15) is 0 Å². The molecule has 0 aliphatic rings. The fourth-order valence-corrected chi connectivity index (χ4v) is 2.47. The van der Waals surface area contributed by atoms with Gasteiger partial charge in [0.25, 0.3) is 0 Å². The van der Waals surface area contributed by atoms with Gasteiger partial charge < -0.3 is 14.8 Å². The molecule has 0 saturated heterocycles. The number of aromatic nitrogens is 2. The molecule has 5 heteroatoms. The van der Waals surface area contributed by atoms with Gasteiger partial charge in [-0.25, -0.2) is 4.98 Å². The largest absolute Gasteiger partial charge is 0.508 e. The molecule has 0 saturated carbocycles. The number of nitrogens with zero attached hydrogens (tertiary/aromatic N) is 2. The normalized spacial score (nSPS) is 11.1. The van der Waals surface area contributed by atoms with Crippen LogP contribution in [-0.2, 0) is 7.05 Å². The molecule has 0 amide bonds. The first-order valence-corrected chi connectivity index (χ1v) is 6.50. The van der Waals surface area contributed by atoms with Crippen LogP contribution in [0.15, 0.2) is 40.9 Å².